The maximum absolute atomic E-state index is 10.7. The van der Waals surface area contributed by atoms with Crippen molar-refractivity contribution in [1.82, 2.24) is 14.7 Å². The Morgan fingerprint density at radius 3 is 2.81 bits per heavy atom. The third-order valence-corrected chi connectivity index (χ3v) is 3.74. The van der Waals surface area contributed by atoms with Crippen molar-refractivity contribution in [1.29, 1.82) is 0 Å². The molecule has 1 unspecified atom stereocenters. The minimum atomic E-state index is -0.776. The van der Waals surface area contributed by atoms with Gasteiger partial charge in [-0.3, -0.25) is 4.68 Å². The Hall–Kier alpha value is -1.37. The molecule has 0 aliphatic carbocycles. The first kappa shape index (κ1) is 16.0. The number of hydrogen-bond acceptors (Lipinski definition) is 4. The first-order valence-corrected chi connectivity index (χ1v) is 7.50. The highest BCUT2D eigenvalue weighted by molar-refractivity contribution is 9.10. The van der Waals surface area contributed by atoms with Gasteiger partial charge in [0.2, 0.25) is 0 Å². The molecule has 0 aliphatic rings. The number of hydrogen-bond donors (Lipinski definition) is 1. The van der Waals surface area contributed by atoms with Gasteiger partial charge < -0.3 is 14.7 Å². The fourth-order valence-corrected chi connectivity index (χ4v) is 2.54. The normalized spacial score (nSPS) is 12.7. The van der Waals surface area contributed by atoms with Crippen LogP contribution in [0.4, 0.5) is 0 Å². The van der Waals surface area contributed by atoms with Crippen LogP contribution in [0.2, 0.25) is 0 Å². The Morgan fingerprint density at radius 1 is 1.43 bits per heavy atom. The summed E-state index contributed by atoms with van der Waals surface area (Å²) in [5.41, 5.74) is 1.48. The van der Waals surface area contributed by atoms with Crippen molar-refractivity contribution < 1.29 is 9.84 Å². The Labute approximate surface area is 133 Å². The highest BCUT2D eigenvalue weighted by Gasteiger charge is 2.21. The van der Waals surface area contributed by atoms with Crippen LogP contribution >= 0.6 is 15.9 Å². The molecule has 0 aliphatic heterocycles. The van der Waals surface area contributed by atoms with E-state index in [1.807, 2.05) is 38.4 Å². The standard InChI is InChI=1S/C15H20BrN3O2/c1-18(2)7-8-19-14(13(21-3)10-17-19)15(20)11-5-4-6-12(16)9-11/h4-6,9-10,15,20H,7-8H2,1-3H3. The van der Waals surface area contributed by atoms with Gasteiger partial charge in [0.25, 0.3) is 0 Å². The molecule has 5 nitrogen and oxygen atoms in total. The van der Waals surface area contributed by atoms with Crippen LogP contribution in [0.25, 0.3) is 0 Å². The Balaban J connectivity index is 2.34. The Kier molecular flexibility index (Phi) is 5.39. The first-order chi connectivity index (χ1) is 10.0. The monoisotopic (exact) mass is 353 g/mol. The number of benzene rings is 1. The third kappa shape index (κ3) is 3.84. The number of halogens is 1. The van der Waals surface area contributed by atoms with E-state index in [1.165, 1.54) is 0 Å². The molecule has 6 heteroatoms. The van der Waals surface area contributed by atoms with Crippen molar-refractivity contribution in [3.05, 3.63) is 46.2 Å². The van der Waals surface area contributed by atoms with E-state index in [-0.39, 0.29) is 0 Å². The van der Waals surface area contributed by atoms with Gasteiger partial charge in [-0.05, 0) is 31.8 Å². The number of rotatable bonds is 6. The van der Waals surface area contributed by atoms with Crippen LogP contribution in [0.15, 0.2) is 34.9 Å². The van der Waals surface area contributed by atoms with Crippen LogP contribution in [-0.2, 0) is 6.54 Å². The van der Waals surface area contributed by atoms with Crippen molar-refractivity contribution in [3.63, 3.8) is 0 Å². The van der Waals surface area contributed by atoms with Gasteiger partial charge in [0.1, 0.15) is 11.8 Å². The fourth-order valence-electron chi connectivity index (χ4n) is 2.12. The lowest BCUT2D eigenvalue weighted by atomic mass is 10.1. The molecule has 2 aromatic rings. The Bertz CT molecular complexity index is 598. The van der Waals surface area contributed by atoms with Gasteiger partial charge in [0.15, 0.2) is 5.75 Å². The zero-order valence-corrected chi connectivity index (χ0v) is 14.0. The molecule has 0 radical (unpaired) electrons. The third-order valence-electron chi connectivity index (χ3n) is 3.25. The molecule has 0 amide bonds. The van der Waals surface area contributed by atoms with Gasteiger partial charge in [-0.1, -0.05) is 28.1 Å². The molecule has 1 aromatic heterocycles. The molecule has 1 atom stereocenters. The summed E-state index contributed by atoms with van der Waals surface area (Å²) in [6.07, 6.45) is 0.869. The van der Waals surface area contributed by atoms with Crippen LogP contribution in [0.1, 0.15) is 17.4 Å². The van der Waals surface area contributed by atoms with Gasteiger partial charge >= 0.3 is 0 Å². The van der Waals surface area contributed by atoms with Crippen LogP contribution in [0.3, 0.4) is 0 Å². The summed E-state index contributed by atoms with van der Waals surface area (Å²) in [7, 11) is 5.60. The number of methoxy groups -OCH3 is 1. The quantitative estimate of drug-likeness (QED) is 0.865. The zero-order chi connectivity index (χ0) is 15.4. The summed E-state index contributed by atoms with van der Waals surface area (Å²) in [5, 5.41) is 15.0. The van der Waals surface area contributed by atoms with Crippen LogP contribution in [-0.4, -0.2) is 47.5 Å². The molecular weight excluding hydrogens is 334 g/mol. The summed E-state index contributed by atoms with van der Waals surface area (Å²) in [6, 6.07) is 7.61. The fraction of sp³-hybridized carbons (Fsp3) is 0.400. The molecule has 0 saturated carbocycles. The summed E-state index contributed by atoms with van der Waals surface area (Å²) in [6.45, 7) is 1.53. The van der Waals surface area contributed by atoms with Crippen LogP contribution < -0.4 is 4.74 Å². The lowest BCUT2D eigenvalue weighted by Gasteiger charge is -2.17. The number of nitrogens with zero attached hydrogens (tertiary/aromatic N) is 3. The smallest absolute Gasteiger partial charge is 0.163 e. The van der Waals surface area contributed by atoms with Gasteiger partial charge in [-0.2, -0.15) is 5.10 Å². The largest absolute Gasteiger partial charge is 0.493 e. The number of ether oxygens (including phenoxy) is 1. The lowest BCUT2D eigenvalue weighted by Crippen LogP contribution is -2.21. The predicted molar refractivity (Wildman–Crippen MR) is 85.5 cm³/mol. The molecule has 114 valence electrons. The maximum Gasteiger partial charge on any atom is 0.163 e. The van der Waals surface area contributed by atoms with Gasteiger partial charge in [0.05, 0.1) is 19.9 Å². The van der Waals surface area contributed by atoms with Crippen molar-refractivity contribution in [3.8, 4) is 5.75 Å². The van der Waals surface area contributed by atoms with E-state index in [0.717, 1.165) is 16.6 Å². The second-order valence-corrected chi connectivity index (χ2v) is 6.00. The van der Waals surface area contributed by atoms with E-state index in [9.17, 15) is 5.11 Å². The molecule has 0 spiro atoms. The van der Waals surface area contributed by atoms with Crippen molar-refractivity contribution >= 4 is 15.9 Å². The van der Waals surface area contributed by atoms with E-state index in [4.69, 9.17) is 4.74 Å². The molecule has 0 bridgehead atoms. The molecule has 2 rings (SSSR count). The first-order valence-electron chi connectivity index (χ1n) is 6.71. The highest BCUT2D eigenvalue weighted by atomic mass is 79.9. The predicted octanol–water partition coefficient (Wildman–Crippen LogP) is 2.30. The lowest BCUT2D eigenvalue weighted by molar-refractivity contribution is 0.200. The van der Waals surface area contributed by atoms with Gasteiger partial charge in [0, 0.05) is 11.0 Å². The van der Waals surface area contributed by atoms with Crippen LogP contribution in [0, 0.1) is 0 Å². The van der Waals surface area contributed by atoms with E-state index in [2.05, 4.69) is 25.9 Å². The summed E-state index contributed by atoms with van der Waals surface area (Å²) >= 11 is 3.43. The average Bonchev–Trinajstić information content (AvgIpc) is 2.87. The van der Waals surface area contributed by atoms with E-state index in [1.54, 1.807) is 18.0 Å². The van der Waals surface area contributed by atoms with Crippen LogP contribution in [0.5, 0.6) is 5.75 Å². The molecule has 1 aromatic carbocycles. The highest BCUT2D eigenvalue weighted by Crippen LogP contribution is 2.30. The molecule has 0 saturated heterocycles. The topological polar surface area (TPSA) is 50.5 Å². The van der Waals surface area contributed by atoms with Gasteiger partial charge in [-0.15, -0.1) is 0 Å². The average molecular weight is 354 g/mol. The van der Waals surface area contributed by atoms with Crippen molar-refractivity contribution in [2.24, 2.45) is 0 Å². The van der Waals surface area contributed by atoms with E-state index in [0.29, 0.717) is 18.0 Å². The summed E-state index contributed by atoms with van der Waals surface area (Å²) in [4.78, 5) is 2.07. The number of aliphatic hydroxyl groups excluding tert-OH is 1. The molecular formula is C15H20BrN3O2. The van der Waals surface area contributed by atoms with Gasteiger partial charge in [-0.25, -0.2) is 0 Å². The summed E-state index contributed by atoms with van der Waals surface area (Å²) < 4.78 is 8.06. The summed E-state index contributed by atoms with van der Waals surface area (Å²) in [5.74, 6) is 0.598. The second kappa shape index (κ2) is 7.06. The minimum Gasteiger partial charge on any atom is -0.493 e. The number of aliphatic hydroxyl groups is 1. The van der Waals surface area contributed by atoms with Crippen molar-refractivity contribution in [2.45, 2.75) is 12.6 Å². The zero-order valence-electron chi connectivity index (χ0n) is 12.5. The molecule has 0 fully saturated rings. The SMILES string of the molecule is COc1cnn(CCN(C)C)c1C(O)c1cccc(Br)c1. The second-order valence-electron chi connectivity index (χ2n) is 5.08. The van der Waals surface area contributed by atoms with E-state index >= 15 is 0 Å². The minimum absolute atomic E-state index is 0.598. The Morgan fingerprint density at radius 2 is 2.19 bits per heavy atom. The molecule has 1 heterocycles. The maximum atomic E-state index is 10.7. The number of likely N-dealkylation sites (N-methyl/N-ethyl adjacent to an activating group) is 1. The molecule has 21 heavy (non-hydrogen) atoms. The number of aromatic nitrogens is 2. The van der Waals surface area contributed by atoms with E-state index < -0.39 is 6.10 Å². The molecule has 1 N–H and O–H groups in total. The van der Waals surface area contributed by atoms with Crippen molar-refractivity contribution in [2.75, 3.05) is 27.7 Å².